The SMILES string of the molecule is CCOC(=O)[C@H]1CCCC[C@H]1N1CCN(C(=O)C(Cc2ccc(Cl)cc2Cl)NCCNC)CC1. The number of carbonyl (C=O) groups is 2. The van der Waals surface area contributed by atoms with E-state index in [1.165, 1.54) is 0 Å². The third-order valence-corrected chi connectivity index (χ3v) is 7.50. The van der Waals surface area contributed by atoms with Gasteiger partial charge in [-0.2, -0.15) is 0 Å². The van der Waals surface area contributed by atoms with Crippen LogP contribution in [-0.4, -0.2) is 86.7 Å². The highest BCUT2D eigenvalue weighted by Crippen LogP contribution is 2.30. The van der Waals surface area contributed by atoms with Crippen LogP contribution in [-0.2, 0) is 20.7 Å². The monoisotopic (exact) mass is 512 g/mol. The Labute approximate surface area is 213 Å². The third kappa shape index (κ3) is 7.31. The molecule has 34 heavy (non-hydrogen) atoms. The van der Waals surface area contributed by atoms with Gasteiger partial charge in [0.15, 0.2) is 0 Å². The molecule has 1 amide bonds. The molecule has 1 aromatic rings. The number of carbonyl (C=O) groups excluding carboxylic acids is 2. The average molecular weight is 514 g/mol. The van der Waals surface area contributed by atoms with E-state index in [0.29, 0.717) is 42.7 Å². The molecule has 0 radical (unpaired) electrons. The Morgan fingerprint density at radius 2 is 1.85 bits per heavy atom. The van der Waals surface area contributed by atoms with E-state index in [9.17, 15) is 9.59 Å². The fourth-order valence-electron chi connectivity index (χ4n) is 5.09. The van der Waals surface area contributed by atoms with Gasteiger partial charge in [-0.05, 0) is 50.9 Å². The summed E-state index contributed by atoms with van der Waals surface area (Å²) in [5, 5.41) is 7.67. The van der Waals surface area contributed by atoms with Crippen LogP contribution in [0.2, 0.25) is 10.0 Å². The quantitative estimate of drug-likeness (QED) is 0.370. The first-order valence-electron chi connectivity index (χ1n) is 12.5. The van der Waals surface area contributed by atoms with Crippen LogP contribution in [0.1, 0.15) is 38.2 Å². The predicted octanol–water partition coefficient (Wildman–Crippen LogP) is 2.98. The average Bonchev–Trinajstić information content (AvgIpc) is 2.85. The second-order valence-electron chi connectivity index (χ2n) is 9.12. The Morgan fingerprint density at radius 1 is 1.12 bits per heavy atom. The Bertz CT molecular complexity index is 817. The van der Waals surface area contributed by atoms with Crippen LogP contribution in [0.5, 0.6) is 0 Å². The molecule has 0 aromatic heterocycles. The lowest BCUT2D eigenvalue weighted by Crippen LogP contribution is -2.58. The number of nitrogens with one attached hydrogen (secondary N) is 2. The molecule has 1 unspecified atom stereocenters. The molecule has 1 heterocycles. The number of benzene rings is 1. The van der Waals surface area contributed by atoms with Gasteiger partial charge in [-0.1, -0.05) is 42.1 Å². The van der Waals surface area contributed by atoms with Gasteiger partial charge < -0.3 is 20.3 Å². The van der Waals surface area contributed by atoms with Crippen molar-refractivity contribution in [2.24, 2.45) is 5.92 Å². The molecule has 1 saturated carbocycles. The Morgan fingerprint density at radius 3 is 2.53 bits per heavy atom. The van der Waals surface area contributed by atoms with Crippen molar-refractivity contribution in [1.29, 1.82) is 0 Å². The van der Waals surface area contributed by atoms with Crippen molar-refractivity contribution in [2.75, 3.05) is 52.9 Å². The number of nitrogens with zero attached hydrogens (tertiary/aromatic N) is 2. The smallest absolute Gasteiger partial charge is 0.310 e. The van der Waals surface area contributed by atoms with Crippen molar-refractivity contribution in [3.63, 3.8) is 0 Å². The number of hydrogen-bond acceptors (Lipinski definition) is 6. The number of hydrogen-bond donors (Lipinski definition) is 2. The van der Waals surface area contributed by atoms with Crippen molar-refractivity contribution in [2.45, 2.75) is 51.1 Å². The molecule has 0 bridgehead atoms. The molecule has 7 nitrogen and oxygen atoms in total. The Balaban J connectivity index is 1.62. The molecular weight excluding hydrogens is 475 g/mol. The molecule has 1 saturated heterocycles. The van der Waals surface area contributed by atoms with Crippen molar-refractivity contribution in [3.8, 4) is 0 Å². The zero-order chi connectivity index (χ0) is 24.5. The summed E-state index contributed by atoms with van der Waals surface area (Å²) < 4.78 is 5.35. The number of amides is 1. The van der Waals surface area contributed by atoms with Gasteiger partial charge in [-0.15, -0.1) is 0 Å². The second kappa shape index (κ2) is 13.6. The van der Waals surface area contributed by atoms with E-state index < -0.39 is 0 Å². The first-order valence-corrected chi connectivity index (χ1v) is 13.2. The molecule has 0 spiro atoms. The highest BCUT2D eigenvalue weighted by molar-refractivity contribution is 6.35. The van der Waals surface area contributed by atoms with Gasteiger partial charge in [0, 0.05) is 55.4 Å². The van der Waals surface area contributed by atoms with Crippen molar-refractivity contribution >= 4 is 35.1 Å². The van der Waals surface area contributed by atoms with Crippen LogP contribution in [0.25, 0.3) is 0 Å². The van der Waals surface area contributed by atoms with Crippen LogP contribution >= 0.6 is 23.2 Å². The largest absolute Gasteiger partial charge is 0.466 e. The zero-order valence-corrected chi connectivity index (χ0v) is 21.8. The maximum Gasteiger partial charge on any atom is 0.310 e. The van der Waals surface area contributed by atoms with E-state index in [1.807, 2.05) is 24.9 Å². The number of likely N-dealkylation sites (N-methyl/N-ethyl adjacent to an activating group) is 1. The van der Waals surface area contributed by atoms with Gasteiger partial charge in [0.05, 0.1) is 18.6 Å². The fraction of sp³-hybridized carbons (Fsp3) is 0.680. The molecule has 1 aromatic carbocycles. The van der Waals surface area contributed by atoms with Crippen LogP contribution in [0.3, 0.4) is 0 Å². The van der Waals surface area contributed by atoms with Crippen LogP contribution < -0.4 is 10.6 Å². The fourth-order valence-corrected chi connectivity index (χ4v) is 5.58. The van der Waals surface area contributed by atoms with Crippen molar-refractivity contribution in [3.05, 3.63) is 33.8 Å². The summed E-state index contributed by atoms with van der Waals surface area (Å²) in [4.78, 5) is 30.3. The standard InChI is InChI=1S/C25H38Cl2N4O3/c1-3-34-25(33)20-6-4-5-7-23(20)30-12-14-31(15-13-30)24(32)22(29-11-10-28-2)16-18-8-9-19(26)17-21(18)27/h8-9,17,20,22-23,28-29H,3-7,10-16H2,1-2H3/t20-,22?,23+/m0/s1. The molecule has 3 atom stereocenters. The number of piperazine rings is 1. The van der Waals surface area contributed by atoms with E-state index in [2.05, 4.69) is 15.5 Å². The maximum absolute atomic E-state index is 13.5. The summed E-state index contributed by atoms with van der Waals surface area (Å²) in [5.41, 5.74) is 0.902. The van der Waals surface area contributed by atoms with Crippen LogP contribution in [0.15, 0.2) is 18.2 Å². The predicted molar refractivity (Wildman–Crippen MR) is 136 cm³/mol. The summed E-state index contributed by atoms with van der Waals surface area (Å²) >= 11 is 12.4. The molecule has 2 N–H and O–H groups in total. The zero-order valence-electron chi connectivity index (χ0n) is 20.3. The molecular formula is C25H38Cl2N4O3. The maximum atomic E-state index is 13.5. The van der Waals surface area contributed by atoms with E-state index in [1.54, 1.807) is 12.1 Å². The third-order valence-electron chi connectivity index (χ3n) is 6.92. The minimum atomic E-state index is -0.361. The van der Waals surface area contributed by atoms with Gasteiger partial charge >= 0.3 is 5.97 Å². The molecule has 1 aliphatic carbocycles. The number of rotatable bonds is 10. The van der Waals surface area contributed by atoms with Gasteiger partial charge in [0.2, 0.25) is 5.91 Å². The number of halogens is 2. The number of esters is 1. The van der Waals surface area contributed by atoms with Gasteiger partial charge in [-0.25, -0.2) is 0 Å². The van der Waals surface area contributed by atoms with Crippen LogP contribution in [0, 0.1) is 5.92 Å². The minimum absolute atomic E-state index is 0.0565. The Hall–Kier alpha value is -1.38. The highest BCUT2D eigenvalue weighted by Gasteiger charge is 2.38. The minimum Gasteiger partial charge on any atom is -0.466 e. The Kier molecular flexibility index (Phi) is 10.9. The summed E-state index contributed by atoms with van der Waals surface area (Å²) in [6.07, 6.45) is 4.62. The second-order valence-corrected chi connectivity index (χ2v) is 9.97. The summed E-state index contributed by atoms with van der Waals surface area (Å²) in [5.74, 6) is -0.0364. The lowest BCUT2D eigenvalue weighted by Gasteiger charge is -2.44. The van der Waals surface area contributed by atoms with E-state index in [4.69, 9.17) is 27.9 Å². The van der Waals surface area contributed by atoms with E-state index in [0.717, 1.165) is 50.9 Å². The highest BCUT2D eigenvalue weighted by atomic mass is 35.5. The van der Waals surface area contributed by atoms with Crippen molar-refractivity contribution < 1.29 is 14.3 Å². The summed E-state index contributed by atoms with van der Waals surface area (Å²) in [6, 6.07) is 5.27. The van der Waals surface area contributed by atoms with Gasteiger partial charge in [-0.3, -0.25) is 14.5 Å². The first-order chi connectivity index (χ1) is 16.4. The van der Waals surface area contributed by atoms with E-state index >= 15 is 0 Å². The normalized spacial score (nSPS) is 22.4. The molecule has 2 aliphatic rings. The van der Waals surface area contributed by atoms with Gasteiger partial charge in [0.1, 0.15) is 0 Å². The van der Waals surface area contributed by atoms with Crippen LogP contribution in [0.4, 0.5) is 0 Å². The summed E-state index contributed by atoms with van der Waals surface area (Å²) in [7, 11) is 1.89. The summed E-state index contributed by atoms with van der Waals surface area (Å²) in [6.45, 7) is 6.59. The molecule has 190 valence electrons. The topological polar surface area (TPSA) is 73.9 Å². The molecule has 3 rings (SSSR count). The lowest BCUT2D eigenvalue weighted by atomic mass is 9.83. The van der Waals surface area contributed by atoms with Gasteiger partial charge in [0.25, 0.3) is 0 Å². The first kappa shape index (κ1) is 27.2. The number of ether oxygens (including phenoxy) is 1. The molecule has 9 heteroatoms. The molecule has 2 fully saturated rings. The van der Waals surface area contributed by atoms with E-state index in [-0.39, 0.29) is 29.9 Å². The molecule has 1 aliphatic heterocycles. The van der Waals surface area contributed by atoms with Crippen molar-refractivity contribution in [1.82, 2.24) is 20.4 Å². The lowest BCUT2D eigenvalue weighted by molar-refractivity contribution is -0.153.